The van der Waals surface area contributed by atoms with Gasteiger partial charge < -0.3 is 9.30 Å². The van der Waals surface area contributed by atoms with E-state index in [9.17, 15) is 4.79 Å². The Morgan fingerprint density at radius 1 is 1.57 bits per heavy atom. The average Bonchev–Trinajstić information content (AvgIpc) is 2.63. The van der Waals surface area contributed by atoms with Crippen molar-refractivity contribution in [2.75, 3.05) is 13.7 Å². The van der Waals surface area contributed by atoms with E-state index in [0.29, 0.717) is 13.0 Å². The Morgan fingerprint density at radius 2 is 2.36 bits per heavy atom. The molecule has 0 radical (unpaired) electrons. The quantitative estimate of drug-likeness (QED) is 0.651. The van der Waals surface area contributed by atoms with Crippen molar-refractivity contribution in [2.45, 2.75) is 26.3 Å². The van der Waals surface area contributed by atoms with Crippen molar-refractivity contribution in [1.82, 2.24) is 4.57 Å². The van der Waals surface area contributed by atoms with E-state index in [-0.39, 0.29) is 5.78 Å². The van der Waals surface area contributed by atoms with E-state index in [1.54, 1.807) is 7.11 Å². The summed E-state index contributed by atoms with van der Waals surface area (Å²) in [5, 5.41) is 0. The fourth-order valence-electron chi connectivity index (χ4n) is 1.31. The van der Waals surface area contributed by atoms with E-state index in [4.69, 9.17) is 4.74 Å². The molecule has 1 rings (SSSR count). The predicted molar refractivity (Wildman–Crippen MR) is 55.5 cm³/mol. The van der Waals surface area contributed by atoms with Crippen LogP contribution in [0.3, 0.4) is 0 Å². The Kier molecular flexibility index (Phi) is 4.40. The molecule has 0 aliphatic heterocycles. The summed E-state index contributed by atoms with van der Waals surface area (Å²) in [5.74, 6) is 0.226. The maximum Gasteiger partial charge on any atom is 0.164 e. The van der Waals surface area contributed by atoms with Crippen molar-refractivity contribution in [3.8, 4) is 0 Å². The van der Waals surface area contributed by atoms with Crippen LogP contribution in [0, 0.1) is 0 Å². The maximum atomic E-state index is 11.5. The van der Waals surface area contributed by atoms with Gasteiger partial charge in [-0.05, 0) is 12.5 Å². The molecule has 0 aliphatic carbocycles. The Hall–Kier alpha value is -1.09. The molecule has 0 amide bonds. The number of hydrogen-bond acceptors (Lipinski definition) is 2. The lowest BCUT2D eigenvalue weighted by molar-refractivity contribution is 0.0981. The van der Waals surface area contributed by atoms with E-state index in [2.05, 4.69) is 0 Å². The van der Waals surface area contributed by atoms with Crippen LogP contribution in [0.15, 0.2) is 18.5 Å². The van der Waals surface area contributed by atoms with Gasteiger partial charge in [0.25, 0.3) is 0 Å². The van der Waals surface area contributed by atoms with E-state index < -0.39 is 0 Å². The molecule has 78 valence electrons. The van der Waals surface area contributed by atoms with Crippen molar-refractivity contribution in [3.05, 3.63) is 24.0 Å². The first-order chi connectivity index (χ1) is 6.77. The summed E-state index contributed by atoms with van der Waals surface area (Å²) in [6.45, 7) is 3.49. The van der Waals surface area contributed by atoms with Gasteiger partial charge in [-0.15, -0.1) is 0 Å². The highest BCUT2D eigenvalue weighted by atomic mass is 16.5. The number of Topliss-reactive ketones (excluding diaryl/α,β-unsaturated/α-hetero) is 1. The summed E-state index contributed by atoms with van der Waals surface area (Å²) in [7, 11) is 1.67. The monoisotopic (exact) mass is 195 g/mol. The smallest absolute Gasteiger partial charge is 0.164 e. The van der Waals surface area contributed by atoms with Crippen LogP contribution in [0.4, 0.5) is 0 Å². The Balaban J connectivity index is 2.54. The number of carbonyl (C=O) groups is 1. The minimum Gasteiger partial charge on any atom is -0.383 e. The second-order valence-corrected chi connectivity index (χ2v) is 3.30. The Morgan fingerprint density at radius 3 is 3.00 bits per heavy atom. The van der Waals surface area contributed by atoms with Crippen molar-refractivity contribution >= 4 is 5.78 Å². The SMILES string of the molecule is CCCC(=O)c1ccn(CCOC)c1. The van der Waals surface area contributed by atoms with E-state index >= 15 is 0 Å². The van der Waals surface area contributed by atoms with Crippen LogP contribution >= 0.6 is 0 Å². The summed E-state index contributed by atoms with van der Waals surface area (Å²) in [6, 6.07) is 1.87. The molecule has 3 heteroatoms. The van der Waals surface area contributed by atoms with Gasteiger partial charge in [-0.25, -0.2) is 0 Å². The first kappa shape index (κ1) is 11.0. The minimum atomic E-state index is 0.226. The lowest BCUT2D eigenvalue weighted by Gasteiger charge is -2.00. The number of methoxy groups -OCH3 is 1. The molecule has 0 spiro atoms. The van der Waals surface area contributed by atoms with Gasteiger partial charge in [-0.2, -0.15) is 0 Å². The lowest BCUT2D eigenvalue weighted by atomic mass is 10.1. The highest BCUT2D eigenvalue weighted by molar-refractivity contribution is 5.95. The first-order valence-corrected chi connectivity index (χ1v) is 4.96. The predicted octanol–water partition coefficient (Wildman–Crippen LogP) is 2.12. The number of nitrogens with zero attached hydrogens (tertiary/aromatic N) is 1. The fraction of sp³-hybridized carbons (Fsp3) is 0.545. The van der Waals surface area contributed by atoms with Crippen LogP contribution < -0.4 is 0 Å². The highest BCUT2D eigenvalue weighted by Gasteiger charge is 2.05. The molecular formula is C11H17NO2. The third-order valence-corrected chi connectivity index (χ3v) is 2.10. The van der Waals surface area contributed by atoms with Crippen LogP contribution in [-0.4, -0.2) is 24.1 Å². The summed E-state index contributed by atoms with van der Waals surface area (Å²) < 4.78 is 6.94. The number of aromatic nitrogens is 1. The first-order valence-electron chi connectivity index (χ1n) is 4.96. The molecule has 0 saturated carbocycles. The molecule has 0 aromatic carbocycles. The van der Waals surface area contributed by atoms with Gasteiger partial charge in [0.15, 0.2) is 5.78 Å². The van der Waals surface area contributed by atoms with E-state index in [0.717, 1.165) is 18.5 Å². The normalized spacial score (nSPS) is 10.4. The number of rotatable bonds is 6. The van der Waals surface area contributed by atoms with Crippen LogP contribution in [-0.2, 0) is 11.3 Å². The zero-order valence-electron chi connectivity index (χ0n) is 8.82. The van der Waals surface area contributed by atoms with Crippen molar-refractivity contribution in [1.29, 1.82) is 0 Å². The van der Waals surface area contributed by atoms with Gasteiger partial charge >= 0.3 is 0 Å². The van der Waals surface area contributed by atoms with Gasteiger partial charge in [0, 0.05) is 38.0 Å². The molecule has 1 aromatic heterocycles. The second kappa shape index (κ2) is 5.60. The highest BCUT2D eigenvalue weighted by Crippen LogP contribution is 2.06. The molecular weight excluding hydrogens is 178 g/mol. The number of carbonyl (C=O) groups excluding carboxylic acids is 1. The summed E-state index contributed by atoms with van der Waals surface area (Å²) in [5.41, 5.74) is 0.808. The molecule has 0 aliphatic rings. The third-order valence-electron chi connectivity index (χ3n) is 2.10. The molecule has 1 aromatic rings. The van der Waals surface area contributed by atoms with Crippen molar-refractivity contribution in [3.63, 3.8) is 0 Å². The molecule has 0 fully saturated rings. The topological polar surface area (TPSA) is 31.2 Å². The zero-order chi connectivity index (χ0) is 10.4. The van der Waals surface area contributed by atoms with Crippen molar-refractivity contribution in [2.24, 2.45) is 0 Å². The van der Waals surface area contributed by atoms with E-state index in [1.807, 2.05) is 30.0 Å². The third kappa shape index (κ3) is 3.00. The Bertz CT molecular complexity index is 291. The average molecular weight is 195 g/mol. The van der Waals surface area contributed by atoms with Crippen LogP contribution in [0.2, 0.25) is 0 Å². The summed E-state index contributed by atoms with van der Waals surface area (Å²) in [4.78, 5) is 11.5. The van der Waals surface area contributed by atoms with Crippen LogP contribution in [0.1, 0.15) is 30.1 Å². The van der Waals surface area contributed by atoms with Crippen molar-refractivity contribution < 1.29 is 9.53 Å². The fourth-order valence-corrected chi connectivity index (χ4v) is 1.31. The van der Waals surface area contributed by atoms with Gasteiger partial charge in [-0.3, -0.25) is 4.79 Å². The standard InChI is InChI=1S/C11H17NO2/c1-3-4-11(13)10-5-6-12(9-10)7-8-14-2/h5-6,9H,3-4,7-8H2,1-2H3. The van der Waals surface area contributed by atoms with Crippen LogP contribution in [0.5, 0.6) is 0 Å². The Labute approximate surface area is 84.7 Å². The summed E-state index contributed by atoms with van der Waals surface area (Å²) >= 11 is 0. The lowest BCUT2D eigenvalue weighted by Crippen LogP contribution is -2.02. The second-order valence-electron chi connectivity index (χ2n) is 3.30. The van der Waals surface area contributed by atoms with Gasteiger partial charge in [0.1, 0.15) is 0 Å². The molecule has 14 heavy (non-hydrogen) atoms. The van der Waals surface area contributed by atoms with Crippen LogP contribution in [0.25, 0.3) is 0 Å². The van der Waals surface area contributed by atoms with Gasteiger partial charge in [0.05, 0.1) is 6.61 Å². The minimum absolute atomic E-state index is 0.226. The number of ether oxygens (including phenoxy) is 1. The zero-order valence-corrected chi connectivity index (χ0v) is 8.82. The van der Waals surface area contributed by atoms with E-state index in [1.165, 1.54) is 0 Å². The number of ketones is 1. The largest absolute Gasteiger partial charge is 0.383 e. The molecule has 0 bridgehead atoms. The van der Waals surface area contributed by atoms with Gasteiger partial charge in [0.2, 0.25) is 0 Å². The number of hydrogen-bond donors (Lipinski definition) is 0. The molecule has 3 nitrogen and oxygen atoms in total. The molecule has 0 atom stereocenters. The maximum absolute atomic E-state index is 11.5. The molecule has 0 unspecified atom stereocenters. The summed E-state index contributed by atoms with van der Waals surface area (Å²) in [6.07, 6.45) is 5.34. The van der Waals surface area contributed by atoms with Gasteiger partial charge in [-0.1, -0.05) is 6.92 Å². The molecule has 1 heterocycles. The molecule has 0 saturated heterocycles. The molecule has 0 N–H and O–H groups in total.